The number of carbonyl (C=O) groups excluding carboxylic acids is 1. The largest absolute Gasteiger partial charge is 0.363 e. The Bertz CT molecular complexity index is 618. The summed E-state index contributed by atoms with van der Waals surface area (Å²) in [5, 5.41) is 0. The highest BCUT2D eigenvalue weighted by atomic mass is 16.1. The van der Waals surface area contributed by atoms with Crippen LogP contribution in [0.4, 0.5) is 5.69 Å². The van der Waals surface area contributed by atoms with E-state index in [-0.39, 0.29) is 5.78 Å². The van der Waals surface area contributed by atoms with Crippen molar-refractivity contribution in [2.75, 3.05) is 11.4 Å². The number of ketones is 1. The minimum atomic E-state index is 0.252. The van der Waals surface area contributed by atoms with Crippen LogP contribution in [0.5, 0.6) is 0 Å². The predicted molar refractivity (Wildman–Crippen MR) is 79.0 cm³/mol. The van der Waals surface area contributed by atoms with Gasteiger partial charge in [-0.05, 0) is 25.5 Å². The second-order valence-corrected chi connectivity index (χ2v) is 5.09. The van der Waals surface area contributed by atoms with E-state index in [0.717, 1.165) is 43.1 Å². The maximum atomic E-state index is 12.1. The molecule has 20 heavy (non-hydrogen) atoms. The lowest BCUT2D eigenvalue weighted by atomic mass is 10.1. The van der Waals surface area contributed by atoms with E-state index in [9.17, 15) is 4.79 Å². The van der Waals surface area contributed by atoms with Crippen molar-refractivity contribution in [3.63, 3.8) is 0 Å². The molecule has 0 spiro atoms. The summed E-state index contributed by atoms with van der Waals surface area (Å²) in [6, 6.07) is 7.91. The van der Waals surface area contributed by atoms with Gasteiger partial charge in [-0.25, -0.2) is 4.98 Å². The molecule has 1 aromatic heterocycles. The van der Waals surface area contributed by atoms with Crippen molar-refractivity contribution in [1.29, 1.82) is 0 Å². The number of imidazole rings is 1. The predicted octanol–water partition coefficient (Wildman–Crippen LogP) is 2.89. The molecule has 1 aliphatic rings. The molecule has 0 aliphatic carbocycles. The summed E-state index contributed by atoms with van der Waals surface area (Å²) in [7, 11) is 0. The molecule has 0 saturated carbocycles. The third-order valence-electron chi connectivity index (χ3n) is 3.85. The molecule has 0 fully saturated rings. The van der Waals surface area contributed by atoms with Gasteiger partial charge in [-0.1, -0.05) is 12.1 Å². The van der Waals surface area contributed by atoms with E-state index in [1.165, 1.54) is 0 Å². The van der Waals surface area contributed by atoms with Crippen LogP contribution in [0.25, 0.3) is 0 Å². The Kier molecular flexibility index (Phi) is 3.54. The molecule has 0 atom stereocenters. The molecule has 0 saturated heterocycles. The van der Waals surface area contributed by atoms with E-state index in [1.54, 1.807) is 0 Å². The molecule has 0 unspecified atom stereocenters. The molecule has 2 aromatic rings. The first-order valence-electron chi connectivity index (χ1n) is 7.16. The molecule has 0 amide bonds. The summed E-state index contributed by atoms with van der Waals surface area (Å²) in [5.74, 6) is 1.30. The fourth-order valence-corrected chi connectivity index (χ4v) is 2.79. The molecule has 2 heterocycles. The van der Waals surface area contributed by atoms with Crippen LogP contribution in [0.3, 0.4) is 0 Å². The number of aromatic nitrogens is 2. The maximum absolute atomic E-state index is 12.1. The van der Waals surface area contributed by atoms with Crippen LogP contribution in [0.1, 0.15) is 35.9 Å². The standard InChI is InChI=1S/C16H19N3O/c1-2-18-11-9-17-16(18)12-19-10-5-8-15(20)13-6-3-4-7-14(13)19/h3-4,6-7,9,11H,2,5,8,10,12H2,1H3. The van der Waals surface area contributed by atoms with E-state index >= 15 is 0 Å². The van der Waals surface area contributed by atoms with Gasteiger partial charge in [0, 0.05) is 43.2 Å². The number of carbonyl (C=O) groups is 1. The summed E-state index contributed by atoms with van der Waals surface area (Å²) in [4.78, 5) is 18.8. The second kappa shape index (κ2) is 5.49. The summed E-state index contributed by atoms with van der Waals surface area (Å²) < 4.78 is 2.15. The van der Waals surface area contributed by atoms with E-state index in [1.807, 2.05) is 36.7 Å². The minimum Gasteiger partial charge on any atom is -0.363 e. The quantitative estimate of drug-likeness (QED) is 0.860. The summed E-state index contributed by atoms with van der Waals surface area (Å²) in [6.45, 7) is 4.69. The zero-order valence-corrected chi connectivity index (χ0v) is 11.7. The number of nitrogens with zero attached hydrogens (tertiary/aromatic N) is 3. The van der Waals surface area contributed by atoms with E-state index < -0.39 is 0 Å². The molecule has 104 valence electrons. The van der Waals surface area contributed by atoms with Crippen molar-refractivity contribution < 1.29 is 4.79 Å². The molecule has 4 nitrogen and oxygen atoms in total. The first-order valence-corrected chi connectivity index (χ1v) is 7.16. The topological polar surface area (TPSA) is 38.1 Å². The molecule has 4 heteroatoms. The van der Waals surface area contributed by atoms with Gasteiger partial charge < -0.3 is 9.47 Å². The average molecular weight is 269 g/mol. The van der Waals surface area contributed by atoms with Crippen LogP contribution in [-0.2, 0) is 13.1 Å². The Morgan fingerprint density at radius 2 is 2.15 bits per heavy atom. The smallest absolute Gasteiger partial charge is 0.165 e. The minimum absolute atomic E-state index is 0.252. The average Bonchev–Trinajstić information content (AvgIpc) is 2.86. The molecule has 0 bridgehead atoms. The number of aryl methyl sites for hydroxylation is 1. The molecular weight excluding hydrogens is 250 g/mol. The maximum Gasteiger partial charge on any atom is 0.165 e. The van der Waals surface area contributed by atoms with Crippen LogP contribution in [0, 0.1) is 0 Å². The summed E-state index contributed by atoms with van der Waals surface area (Å²) in [6.07, 6.45) is 5.38. The highest BCUT2D eigenvalue weighted by Crippen LogP contribution is 2.27. The third-order valence-corrected chi connectivity index (χ3v) is 3.85. The fourth-order valence-electron chi connectivity index (χ4n) is 2.79. The SMILES string of the molecule is CCn1ccnc1CN1CCCC(=O)c2ccccc21. The number of para-hydroxylation sites is 1. The van der Waals surface area contributed by atoms with Crippen molar-refractivity contribution in [2.45, 2.75) is 32.9 Å². The zero-order valence-electron chi connectivity index (χ0n) is 11.7. The summed E-state index contributed by atoms with van der Waals surface area (Å²) >= 11 is 0. The number of hydrogen-bond donors (Lipinski definition) is 0. The number of rotatable bonds is 3. The number of benzene rings is 1. The Balaban J connectivity index is 1.93. The lowest BCUT2D eigenvalue weighted by Crippen LogP contribution is -2.25. The van der Waals surface area contributed by atoms with Crippen molar-refractivity contribution >= 4 is 11.5 Å². The van der Waals surface area contributed by atoms with Crippen molar-refractivity contribution in [1.82, 2.24) is 9.55 Å². The van der Waals surface area contributed by atoms with Gasteiger partial charge in [0.1, 0.15) is 5.82 Å². The Hall–Kier alpha value is -2.10. The number of anilines is 1. The Morgan fingerprint density at radius 3 is 3.00 bits per heavy atom. The van der Waals surface area contributed by atoms with Gasteiger partial charge in [0.05, 0.1) is 6.54 Å². The van der Waals surface area contributed by atoms with E-state index in [2.05, 4.69) is 21.4 Å². The highest BCUT2D eigenvalue weighted by Gasteiger charge is 2.21. The van der Waals surface area contributed by atoms with E-state index in [4.69, 9.17) is 0 Å². The zero-order chi connectivity index (χ0) is 13.9. The number of fused-ring (bicyclic) bond motifs is 1. The lowest BCUT2D eigenvalue weighted by molar-refractivity contribution is 0.0984. The lowest BCUT2D eigenvalue weighted by Gasteiger charge is -2.24. The van der Waals surface area contributed by atoms with Crippen molar-refractivity contribution in [3.8, 4) is 0 Å². The molecule has 0 radical (unpaired) electrons. The monoisotopic (exact) mass is 269 g/mol. The first kappa shape index (κ1) is 12.9. The van der Waals surface area contributed by atoms with E-state index in [0.29, 0.717) is 6.42 Å². The Morgan fingerprint density at radius 1 is 1.30 bits per heavy atom. The first-order chi connectivity index (χ1) is 9.79. The van der Waals surface area contributed by atoms with Gasteiger partial charge in [-0.2, -0.15) is 0 Å². The molecular formula is C16H19N3O. The molecule has 1 aliphatic heterocycles. The van der Waals surface area contributed by atoms with Gasteiger partial charge in [0.2, 0.25) is 0 Å². The van der Waals surface area contributed by atoms with Gasteiger partial charge in [-0.15, -0.1) is 0 Å². The van der Waals surface area contributed by atoms with Crippen LogP contribution < -0.4 is 4.90 Å². The van der Waals surface area contributed by atoms with Gasteiger partial charge in [-0.3, -0.25) is 4.79 Å². The van der Waals surface area contributed by atoms with Crippen LogP contribution in [0.15, 0.2) is 36.7 Å². The third kappa shape index (κ3) is 2.33. The van der Waals surface area contributed by atoms with Crippen LogP contribution >= 0.6 is 0 Å². The van der Waals surface area contributed by atoms with Crippen LogP contribution in [0.2, 0.25) is 0 Å². The number of Topliss-reactive ketones (excluding diaryl/α,β-unsaturated/α-hetero) is 1. The van der Waals surface area contributed by atoms with Gasteiger partial charge in [0.25, 0.3) is 0 Å². The Labute approximate surface area is 119 Å². The number of hydrogen-bond acceptors (Lipinski definition) is 3. The fraction of sp³-hybridized carbons (Fsp3) is 0.375. The normalized spacial score (nSPS) is 15.1. The molecule has 0 N–H and O–H groups in total. The molecule has 1 aromatic carbocycles. The van der Waals surface area contributed by atoms with Gasteiger partial charge >= 0.3 is 0 Å². The van der Waals surface area contributed by atoms with Gasteiger partial charge in [0.15, 0.2) is 5.78 Å². The second-order valence-electron chi connectivity index (χ2n) is 5.09. The summed E-state index contributed by atoms with van der Waals surface area (Å²) in [5.41, 5.74) is 1.89. The molecule has 3 rings (SSSR count). The van der Waals surface area contributed by atoms with Crippen molar-refractivity contribution in [2.24, 2.45) is 0 Å². The van der Waals surface area contributed by atoms with Crippen LogP contribution in [-0.4, -0.2) is 21.9 Å². The highest BCUT2D eigenvalue weighted by molar-refractivity contribution is 6.01. The van der Waals surface area contributed by atoms with Crippen molar-refractivity contribution in [3.05, 3.63) is 48.0 Å².